The predicted molar refractivity (Wildman–Crippen MR) is 62.3 cm³/mol. The first-order chi connectivity index (χ1) is 7.63. The van der Waals surface area contributed by atoms with Crippen molar-refractivity contribution in [1.29, 1.82) is 0 Å². The molecule has 0 aliphatic heterocycles. The van der Waals surface area contributed by atoms with Crippen LogP contribution in [0.2, 0.25) is 0 Å². The van der Waals surface area contributed by atoms with Crippen molar-refractivity contribution in [1.82, 2.24) is 4.98 Å². The number of primary amides is 1. The molecule has 0 fully saturated rings. The van der Waals surface area contributed by atoms with Gasteiger partial charge in [-0.25, -0.2) is 0 Å². The van der Waals surface area contributed by atoms with Gasteiger partial charge in [-0.2, -0.15) is 0 Å². The van der Waals surface area contributed by atoms with Gasteiger partial charge in [-0.3, -0.25) is 9.78 Å². The number of hydrogen-bond acceptors (Lipinski definition) is 4. The summed E-state index contributed by atoms with van der Waals surface area (Å²) < 4.78 is 5.03. The van der Waals surface area contributed by atoms with Crippen LogP contribution < -0.4 is 11.1 Å². The number of ether oxygens (including phenoxy) is 1. The Labute approximate surface area is 95.0 Å². The summed E-state index contributed by atoms with van der Waals surface area (Å²) in [5.74, 6) is -0.121. The molecule has 88 valence electrons. The molecule has 1 aromatic heterocycles. The SMILES string of the molecule is COCC(C)CNc1ccnc(C(N)=O)c1. The molecule has 1 heterocycles. The average molecular weight is 223 g/mol. The van der Waals surface area contributed by atoms with Crippen LogP contribution in [0.25, 0.3) is 0 Å². The summed E-state index contributed by atoms with van der Waals surface area (Å²) in [4.78, 5) is 14.8. The van der Waals surface area contributed by atoms with Gasteiger partial charge in [0, 0.05) is 25.5 Å². The lowest BCUT2D eigenvalue weighted by molar-refractivity contribution is 0.0995. The van der Waals surface area contributed by atoms with Gasteiger partial charge in [-0.1, -0.05) is 6.92 Å². The molecule has 3 N–H and O–H groups in total. The molecule has 1 amide bonds. The highest BCUT2D eigenvalue weighted by Gasteiger charge is 2.04. The highest BCUT2D eigenvalue weighted by Crippen LogP contribution is 2.08. The van der Waals surface area contributed by atoms with Crippen molar-refractivity contribution in [2.45, 2.75) is 6.92 Å². The fourth-order valence-corrected chi connectivity index (χ4v) is 1.31. The van der Waals surface area contributed by atoms with Crippen molar-refractivity contribution in [3.05, 3.63) is 24.0 Å². The Balaban J connectivity index is 2.54. The molecule has 1 rings (SSSR count). The maximum absolute atomic E-state index is 10.9. The molecular formula is C11H17N3O2. The van der Waals surface area contributed by atoms with Crippen LogP contribution in [0.5, 0.6) is 0 Å². The zero-order valence-corrected chi connectivity index (χ0v) is 9.56. The van der Waals surface area contributed by atoms with Gasteiger partial charge in [0.1, 0.15) is 5.69 Å². The summed E-state index contributed by atoms with van der Waals surface area (Å²) in [5, 5.41) is 3.20. The first kappa shape index (κ1) is 12.4. The van der Waals surface area contributed by atoms with Gasteiger partial charge in [-0.15, -0.1) is 0 Å². The number of nitrogens with one attached hydrogen (secondary N) is 1. The molecule has 16 heavy (non-hydrogen) atoms. The second-order valence-corrected chi connectivity index (χ2v) is 3.74. The van der Waals surface area contributed by atoms with E-state index in [9.17, 15) is 4.79 Å². The minimum Gasteiger partial charge on any atom is -0.385 e. The van der Waals surface area contributed by atoms with E-state index < -0.39 is 5.91 Å². The Kier molecular flexibility index (Phi) is 4.72. The fourth-order valence-electron chi connectivity index (χ4n) is 1.31. The molecule has 5 heteroatoms. The van der Waals surface area contributed by atoms with E-state index in [0.717, 1.165) is 12.2 Å². The van der Waals surface area contributed by atoms with Crippen LogP contribution in [0.3, 0.4) is 0 Å². The second-order valence-electron chi connectivity index (χ2n) is 3.74. The lowest BCUT2D eigenvalue weighted by atomic mass is 10.2. The van der Waals surface area contributed by atoms with Crippen LogP contribution >= 0.6 is 0 Å². The number of carbonyl (C=O) groups is 1. The summed E-state index contributed by atoms with van der Waals surface area (Å²) in [7, 11) is 1.67. The van der Waals surface area contributed by atoms with E-state index in [-0.39, 0.29) is 5.69 Å². The summed E-state index contributed by atoms with van der Waals surface area (Å²) in [6, 6.07) is 3.44. The normalized spacial score (nSPS) is 12.1. The summed E-state index contributed by atoms with van der Waals surface area (Å²) in [6.45, 7) is 3.55. The predicted octanol–water partition coefficient (Wildman–Crippen LogP) is 0.875. The van der Waals surface area contributed by atoms with E-state index >= 15 is 0 Å². The van der Waals surface area contributed by atoms with E-state index in [4.69, 9.17) is 10.5 Å². The Bertz CT molecular complexity index is 355. The van der Waals surface area contributed by atoms with Gasteiger partial charge in [0.25, 0.3) is 5.91 Å². The van der Waals surface area contributed by atoms with Gasteiger partial charge in [0.15, 0.2) is 0 Å². The number of amides is 1. The summed E-state index contributed by atoms with van der Waals surface area (Å²) in [5.41, 5.74) is 6.24. The molecule has 0 aliphatic carbocycles. The molecule has 1 unspecified atom stereocenters. The number of pyridine rings is 1. The largest absolute Gasteiger partial charge is 0.385 e. The van der Waals surface area contributed by atoms with Crippen LogP contribution in [0, 0.1) is 5.92 Å². The topological polar surface area (TPSA) is 77.2 Å². The molecule has 1 aromatic rings. The third-order valence-electron chi connectivity index (χ3n) is 2.12. The molecule has 0 spiro atoms. The van der Waals surface area contributed by atoms with Gasteiger partial charge in [-0.05, 0) is 18.1 Å². The van der Waals surface area contributed by atoms with Gasteiger partial charge in [0.05, 0.1) is 6.61 Å². The minimum absolute atomic E-state index is 0.268. The highest BCUT2D eigenvalue weighted by molar-refractivity contribution is 5.91. The van der Waals surface area contributed by atoms with Crippen molar-refractivity contribution in [3.63, 3.8) is 0 Å². The molecule has 0 bridgehead atoms. The molecule has 0 saturated heterocycles. The number of carbonyl (C=O) groups excluding carboxylic acids is 1. The average Bonchev–Trinajstić information content (AvgIpc) is 2.27. The van der Waals surface area contributed by atoms with Crippen molar-refractivity contribution >= 4 is 11.6 Å². The van der Waals surface area contributed by atoms with Crippen LogP contribution in [0.4, 0.5) is 5.69 Å². The van der Waals surface area contributed by atoms with E-state index in [0.29, 0.717) is 12.5 Å². The Morgan fingerprint density at radius 2 is 2.44 bits per heavy atom. The Hall–Kier alpha value is -1.62. The van der Waals surface area contributed by atoms with E-state index in [1.807, 2.05) is 0 Å². The van der Waals surface area contributed by atoms with Gasteiger partial charge < -0.3 is 15.8 Å². The number of nitrogens with zero attached hydrogens (tertiary/aromatic N) is 1. The maximum atomic E-state index is 10.9. The third kappa shape index (κ3) is 3.86. The van der Waals surface area contributed by atoms with Crippen molar-refractivity contribution < 1.29 is 9.53 Å². The zero-order chi connectivity index (χ0) is 12.0. The number of nitrogens with two attached hydrogens (primary N) is 1. The minimum atomic E-state index is -0.520. The lowest BCUT2D eigenvalue weighted by Crippen LogP contribution is -2.17. The fraction of sp³-hybridized carbons (Fsp3) is 0.455. The molecular weight excluding hydrogens is 206 g/mol. The molecule has 5 nitrogen and oxygen atoms in total. The number of hydrogen-bond donors (Lipinski definition) is 2. The summed E-state index contributed by atoms with van der Waals surface area (Å²) >= 11 is 0. The molecule has 0 saturated carbocycles. The van der Waals surface area contributed by atoms with E-state index in [1.165, 1.54) is 0 Å². The van der Waals surface area contributed by atoms with Crippen LogP contribution in [-0.2, 0) is 4.74 Å². The number of anilines is 1. The second kappa shape index (κ2) is 6.07. The summed E-state index contributed by atoms with van der Waals surface area (Å²) in [6.07, 6.45) is 1.56. The highest BCUT2D eigenvalue weighted by atomic mass is 16.5. The van der Waals surface area contributed by atoms with Gasteiger partial charge >= 0.3 is 0 Å². The van der Waals surface area contributed by atoms with Crippen molar-refractivity contribution in [2.24, 2.45) is 11.7 Å². The molecule has 1 atom stereocenters. The quantitative estimate of drug-likeness (QED) is 0.750. The first-order valence-corrected chi connectivity index (χ1v) is 5.12. The van der Waals surface area contributed by atoms with Crippen LogP contribution in [-0.4, -0.2) is 31.2 Å². The molecule has 0 radical (unpaired) electrons. The number of methoxy groups -OCH3 is 1. The number of rotatable bonds is 6. The van der Waals surface area contributed by atoms with Crippen molar-refractivity contribution in [3.8, 4) is 0 Å². The van der Waals surface area contributed by atoms with Crippen LogP contribution in [0.1, 0.15) is 17.4 Å². The molecule has 0 aliphatic rings. The maximum Gasteiger partial charge on any atom is 0.267 e. The van der Waals surface area contributed by atoms with Crippen molar-refractivity contribution in [2.75, 3.05) is 25.6 Å². The Morgan fingerprint density at radius 1 is 1.69 bits per heavy atom. The lowest BCUT2D eigenvalue weighted by Gasteiger charge is -2.12. The first-order valence-electron chi connectivity index (χ1n) is 5.12. The van der Waals surface area contributed by atoms with E-state index in [1.54, 1.807) is 25.4 Å². The molecule has 0 aromatic carbocycles. The third-order valence-corrected chi connectivity index (χ3v) is 2.12. The zero-order valence-electron chi connectivity index (χ0n) is 9.56. The van der Waals surface area contributed by atoms with E-state index in [2.05, 4.69) is 17.2 Å². The monoisotopic (exact) mass is 223 g/mol. The smallest absolute Gasteiger partial charge is 0.267 e. The Morgan fingerprint density at radius 3 is 3.06 bits per heavy atom. The standard InChI is InChI=1S/C11H17N3O2/c1-8(7-16-2)6-14-9-3-4-13-10(5-9)11(12)15/h3-5,8H,6-7H2,1-2H3,(H2,12,15)(H,13,14). The van der Waals surface area contributed by atoms with Crippen LogP contribution in [0.15, 0.2) is 18.3 Å². The van der Waals surface area contributed by atoms with Gasteiger partial charge in [0.2, 0.25) is 0 Å². The number of aromatic nitrogens is 1.